The summed E-state index contributed by atoms with van der Waals surface area (Å²) in [6.07, 6.45) is 12.2. The second-order valence-electron chi connectivity index (χ2n) is 13.9. The maximum Gasteiger partial charge on any atom is 0.308 e. The van der Waals surface area contributed by atoms with E-state index in [-0.39, 0.29) is 53.2 Å². The zero-order valence-corrected chi connectivity index (χ0v) is 23.8. The summed E-state index contributed by atoms with van der Waals surface area (Å²) in [4.78, 5) is 38.7. The minimum atomic E-state index is -1.25. The molecule has 9 atom stereocenters. The van der Waals surface area contributed by atoms with Gasteiger partial charge in [0.2, 0.25) is 5.78 Å². The molecule has 0 aromatic heterocycles. The fourth-order valence-corrected chi connectivity index (χ4v) is 9.62. The Kier molecular flexibility index (Phi) is 6.75. The molecule has 214 valence electrons. The van der Waals surface area contributed by atoms with E-state index in [2.05, 4.69) is 13.8 Å². The van der Waals surface area contributed by atoms with E-state index in [1.807, 2.05) is 6.08 Å². The third-order valence-corrected chi connectivity index (χ3v) is 11.5. The number of carbonyl (C=O) groups is 3. The Morgan fingerprint density at radius 2 is 1.90 bits per heavy atom. The first kappa shape index (κ1) is 27.3. The standard InChI is InChI=1S/C32H44O7/c1-18(2)28(36)37-17-25(35)32-26(38-29(39-32)19-8-6-5-7-9-19)15-23-22-11-10-20-14-21(33)12-13-30(20,3)27(22)24(34)16-31(23,32)4/h12-14,18-19,22-24,26-27,29,34H,5-11,15-17H2,1-4H3/t22?,23?,24-,26+,27?,29?,30-,31-,32+/m0/s1. The highest BCUT2D eigenvalue weighted by molar-refractivity contribution is 6.01. The topological polar surface area (TPSA) is 99.1 Å². The summed E-state index contributed by atoms with van der Waals surface area (Å²) in [5, 5.41) is 11.9. The summed E-state index contributed by atoms with van der Waals surface area (Å²) in [6.45, 7) is 7.44. The number of hydrogen-bond donors (Lipinski definition) is 1. The van der Waals surface area contributed by atoms with Gasteiger partial charge in [-0.1, -0.05) is 58.6 Å². The number of fused-ring (bicyclic) bond motifs is 7. The molecule has 0 bridgehead atoms. The van der Waals surface area contributed by atoms with Crippen molar-refractivity contribution in [2.45, 2.75) is 110 Å². The molecule has 6 rings (SSSR count). The van der Waals surface area contributed by atoms with Gasteiger partial charge >= 0.3 is 5.97 Å². The van der Waals surface area contributed by atoms with Gasteiger partial charge < -0.3 is 19.3 Å². The van der Waals surface area contributed by atoms with Gasteiger partial charge in [0.1, 0.15) is 0 Å². The highest BCUT2D eigenvalue weighted by Gasteiger charge is 2.76. The largest absolute Gasteiger partial charge is 0.457 e. The van der Waals surface area contributed by atoms with Crippen molar-refractivity contribution in [3.63, 3.8) is 0 Å². The molecular formula is C32H44O7. The second-order valence-corrected chi connectivity index (χ2v) is 13.9. The molecule has 7 nitrogen and oxygen atoms in total. The average Bonchev–Trinajstić information content (AvgIpc) is 3.41. The predicted molar refractivity (Wildman–Crippen MR) is 143 cm³/mol. The first-order valence-corrected chi connectivity index (χ1v) is 15.2. The lowest BCUT2D eigenvalue weighted by molar-refractivity contribution is -0.210. The van der Waals surface area contributed by atoms with Crippen LogP contribution in [-0.4, -0.2) is 53.3 Å². The molecule has 5 aliphatic carbocycles. The molecule has 1 N–H and O–H groups in total. The first-order valence-electron chi connectivity index (χ1n) is 15.2. The fraction of sp³-hybridized carbons (Fsp3) is 0.781. The van der Waals surface area contributed by atoms with Crippen LogP contribution in [0.5, 0.6) is 0 Å². The van der Waals surface area contributed by atoms with Crippen molar-refractivity contribution in [1.82, 2.24) is 0 Å². The van der Waals surface area contributed by atoms with Crippen LogP contribution in [0.15, 0.2) is 23.8 Å². The quantitative estimate of drug-likeness (QED) is 0.505. The van der Waals surface area contributed by atoms with Crippen LogP contribution >= 0.6 is 0 Å². The van der Waals surface area contributed by atoms with Gasteiger partial charge in [-0.05, 0) is 62.5 Å². The van der Waals surface area contributed by atoms with Crippen LogP contribution in [-0.2, 0) is 28.6 Å². The summed E-state index contributed by atoms with van der Waals surface area (Å²) >= 11 is 0. The molecule has 4 unspecified atom stereocenters. The van der Waals surface area contributed by atoms with Crippen molar-refractivity contribution in [2.75, 3.05) is 6.61 Å². The average molecular weight is 541 g/mol. The maximum absolute atomic E-state index is 14.2. The van der Waals surface area contributed by atoms with Gasteiger partial charge in [-0.2, -0.15) is 0 Å². The summed E-state index contributed by atoms with van der Waals surface area (Å²) in [5.74, 6) is -0.471. The molecular weight excluding hydrogens is 496 g/mol. The number of rotatable bonds is 5. The number of carbonyl (C=O) groups excluding carboxylic acids is 3. The Morgan fingerprint density at radius 1 is 1.15 bits per heavy atom. The molecule has 1 aliphatic heterocycles. The summed E-state index contributed by atoms with van der Waals surface area (Å²) < 4.78 is 19.0. The van der Waals surface area contributed by atoms with Crippen LogP contribution < -0.4 is 0 Å². The molecule has 0 aromatic carbocycles. The maximum atomic E-state index is 14.2. The van der Waals surface area contributed by atoms with Crippen molar-refractivity contribution in [1.29, 1.82) is 0 Å². The number of hydrogen-bond acceptors (Lipinski definition) is 7. The van der Waals surface area contributed by atoms with E-state index in [9.17, 15) is 19.5 Å². The van der Waals surface area contributed by atoms with E-state index in [1.54, 1.807) is 26.0 Å². The highest BCUT2D eigenvalue weighted by atomic mass is 16.7. The fourth-order valence-electron chi connectivity index (χ4n) is 9.62. The molecule has 0 radical (unpaired) electrons. The van der Waals surface area contributed by atoms with Crippen molar-refractivity contribution >= 4 is 17.5 Å². The van der Waals surface area contributed by atoms with Crippen LogP contribution in [0.4, 0.5) is 0 Å². The molecule has 7 heteroatoms. The Hall–Kier alpha value is -1.83. The van der Waals surface area contributed by atoms with E-state index < -0.39 is 35.5 Å². The Morgan fingerprint density at radius 3 is 2.62 bits per heavy atom. The first-order chi connectivity index (χ1) is 18.5. The van der Waals surface area contributed by atoms with Crippen molar-refractivity contribution in [3.05, 3.63) is 23.8 Å². The summed E-state index contributed by atoms with van der Waals surface area (Å²) in [5.41, 5.74) is -1.19. The lowest BCUT2D eigenvalue weighted by Gasteiger charge is -2.59. The monoisotopic (exact) mass is 540 g/mol. The predicted octanol–water partition coefficient (Wildman–Crippen LogP) is 4.70. The molecule has 4 saturated carbocycles. The minimum Gasteiger partial charge on any atom is -0.457 e. The van der Waals surface area contributed by atoms with Gasteiger partial charge in [0.15, 0.2) is 24.3 Å². The lowest BCUT2D eigenvalue weighted by atomic mass is 9.46. The number of ketones is 2. The normalized spacial score (nSPS) is 45.3. The number of aliphatic hydroxyl groups excluding tert-OH is 1. The van der Waals surface area contributed by atoms with E-state index >= 15 is 0 Å². The van der Waals surface area contributed by atoms with Gasteiger partial charge in [-0.25, -0.2) is 0 Å². The smallest absolute Gasteiger partial charge is 0.308 e. The number of allylic oxidation sites excluding steroid dienone is 4. The van der Waals surface area contributed by atoms with Crippen molar-refractivity contribution in [2.24, 2.45) is 40.4 Å². The number of esters is 1. The zero-order chi connectivity index (χ0) is 27.7. The third-order valence-electron chi connectivity index (χ3n) is 11.5. The molecule has 0 spiro atoms. The molecule has 0 amide bonds. The number of Topliss-reactive ketones (excluding diaryl/α,β-unsaturated/α-hetero) is 1. The third kappa shape index (κ3) is 3.97. The van der Waals surface area contributed by atoms with E-state index in [0.29, 0.717) is 12.8 Å². The Balaban J connectivity index is 1.35. The minimum absolute atomic E-state index is 0.0162. The Labute approximate surface area is 231 Å². The number of ether oxygens (including phenoxy) is 3. The molecule has 1 saturated heterocycles. The number of aliphatic hydroxyl groups is 1. The van der Waals surface area contributed by atoms with Crippen molar-refractivity contribution in [3.8, 4) is 0 Å². The van der Waals surface area contributed by atoms with Crippen LogP contribution in [0, 0.1) is 40.4 Å². The SMILES string of the molecule is CC(C)C(=O)OCC(=O)[C@@]12OC(C3CCCCC3)O[C@@H]1CC1C3CCC4=CC(=O)C=C[C@]4(C)C3[C@@H](O)C[C@@]12C. The van der Waals surface area contributed by atoms with Gasteiger partial charge in [0.05, 0.1) is 18.1 Å². The summed E-state index contributed by atoms with van der Waals surface area (Å²) in [6, 6.07) is 0. The lowest BCUT2D eigenvalue weighted by Crippen LogP contribution is -2.63. The Bertz CT molecular complexity index is 1100. The van der Waals surface area contributed by atoms with Gasteiger partial charge in [-0.3, -0.25) is 14.4 Å². The van der Waals surface area contributed by atoms with E-state index in [1.165, 1.54) is 6.42 Å². The van der Waals surface area contributed by atoms with E-state index in [0.717, 1.165) is 44.1 Å². The van der Waals surface area contributed by atoms with Crippen LogP contribution in [0.2, 0.25) is 0 Å². The van der Waals surface area contributed by atoms with E-state index in [4.69, 9.17) is 14.2 Å². The highest BCUT2D eigenvalue weighted by Crippen LogP contribution is 2.70. The van der Waals surface area contributed by atoms with Crippen LogP contribution in [0.25, 0.3) is 0 Å². The molecule has 1 heterocycles. The second kappa shape index (κ2) is 9.63. The summed E-state index contributed by atoms with van der Waals surface area (Å²) in [7, 11) is 0. The molecule has 0 aromatic rings. The van der Waals surface area contributed by atoms with Crippen LogP contribution in [0.3, 0.4) is 0 Å². The van der Waals surface area contributed by atoms with Gasteiger partial charge in [-0.15, -0.1) is 0 Å². The zero-order valence-electron chi connectivity index (χ0n) is 23.8. The van der Waals surface area contributed by atoms with Gasteiger partial charge in [0.25, 0.3) is 0 Å². The van der Waals surface area contributed by atoms with Gasteiger partial charge in [0, 0.05) is 22.7 Å². The molecule has 5 fully saturated rings. The van der Waals surface area contributed by atoms with Crippen molar-refractivity contribution < 1.29 is 33.7 Å². The van der Waals surface area contributed by atoms with Crippen LogP contribution in [0.1, 0.15) is 85.5 Å². The molecule has 39 heavy (non-hydrogen) atoms. The molecule has 6 aliphatic rings.